The molecular formula is C10H14N4OS. The van der Waals surface area contributed by atoms with Crippen molar-refractivity contribution < 1.29 is 4.79 Å². The minimum Gasteiger partial charge on any atom is -0.339 e. The molecule has 86 valence electrons. The minimum atomic E-state index is -0.179. The van der Waals surface area contributed by atoms with Gasteiger partial charge < -0.3 is 10.6 Å². The molecule has 0 aliphatic carbocycles. The summed E-state index contributed by atoms with van der Waals surface area (Å²) in [5.41, 5.74) is 5.82. The van der Waals surface area contributed by atoms with Crippen molar-refractivity contribution in [3.05, 3.63) is 16.1 Å². The number of hydrogen-bond acceptors (Lipinski definition) is 5. The predicted octanol–water partition coefficient (Wildman–Crippen LogP) is 0.833. The Morgan fingerprint density at radius 1 is 1.81 bits per heavy atom. The number of nitriles is 1. The smallest absolute Gasteiger partial charge is 0.273 e. The molecule has 1 heterocycles. The molecule has 0 aliphatic heterocycles. The molecule has 1 aromatic rings. The van der Waals surface area contributed by atoms with Crippen LogP contribution in [0.5, 0.6) is 0 Å². The molecule has 1 atom stereocenters. The number of thiazole rings is 1. The first-order valence-corrected chi connectivity index (χ1v) is 5.76. The van der Waals surface area contributed by atoms with E-state index in [-0.39, 0.29) is 11.8 Å². The first kappa shape index (κ1) is 12.6. The molecule has 0 aromatic carbocycles. The fraction of sp³-hybridized carbons (Fsp3) is 0.500. The number of carbonyl (C=O) groups excluding carboxylic acids is 1. The summed E-state index contributed by atoms with van der Waals surface area (Å²) < 4.78 is 0. The molecule has 0 aliphatic rings. The van der Waals surface area contributed by atoms with Crippen molar-refractivity contribution in [2.45, 2.75) is 13.5 Å². The molecule has 1 aromatic heterocycles. The zero-order valence-electron chi connectivity index (χ0n) is 9.30. The van der Waals surface area contributed by atoms with Crippen LogP contribution in [0.3, 0.4) is 0 Å². The summed E-state index contributed by atoms with van der Waals surface area (Å²) in [5, 5.41) is 11.1. The van der Waals surface area contributed by atoms with E-state index < -0.39 is 0 Å². The summed E-state index contributed by atoms with van der Waals surface area (Å²) in [5.74, 6) is -0.348. The van der Waals surface area contributed by atoms with Crippen LogP contribution in [0.2, 0.25) is 0 Å². The van der Waals surface area contributed by atoms with Crippen LogP contribution in [0, 0.1) is 17.2 Å². The molecule has 6 heteroatoms. The molecule has 1 amide bonds. The number of rotatable bonds is 4. The molecule has 5 nitrogen and oxygen atoms in total. The van der Waals surface area contributed by atoms with E-state index in [4.69, 9.17) is 11.0 Å². The van der Waals surface area contributed by atoms with Crippen molar-refractivity contribution >= 4 is 17.2 Å². The number of nitrogens with two attached hydrogens (primary N) is 1. The second kappa shape index (κ2) is 5.58. The monoisotopic (exact) mass is 238 g/mol. The topological polar surface area (TPSA) is 83.0 Å². The van der Waals surface area contributed by atoms with Crippen LogP contribution in [0.15, 0.2) is 5.38 Å². The molecule has 0 fully saturated rings. The van der Waals surface area contributed by atoms with E-state index in [2.05, 4.69) is 11.1 Å². The minimum absolute atomic E-state index is 0.168. The Balaban J connectivity index is 2.67. The van der Waals surface area contributed by atoms with Crippen molar-refractivity contribution in [2.75, 3.05) is 13.6 Å². The van der Waals surface area contributed by atoms with Gasteiger partial charge in [0.05, 0.1) is 12.0 Å². The summed E-state index contributed by atoms with van der Waals surface area (Å²) in [4.78, 5) is 17.5. The Kier molecular flexibility index (Phi) is 4.40. The molecule has 0 radical (unpaired) electrons. The average Bonchev–Trinajstić information content (AvgIpc) is 2.76. The van der Waals surface area contributed by atoms with Crippen molar-refractivity contribution in [3.8, 4) is 6.07 Å². The Morgan fingerprint density at radius 3 is 3.00 bits per heavy atom. The lowest BCUT2D eigenvalue weighted by Crippen LogP contribution is -2.30. The zero-order valence-corrected chi connectivity index (χ0v) is 10.1. The van der Waals surface area contributed by atoms with Crippen LogP contribution < -0.4 is 5.73 Å². The molecule has 0 saturated heterocycles. The van der Waals surface area contributed by atoms with Gasteiger partial charge in [0.1, 0.15) is 10.7 Å². The first-order valence-electron chi connectivity index (χ1n) is 4.88. The highest BCUT2D eigenvalue weighted by atomic mass is 32.1. The van der Waals surface area contributed by atoms with Crippen molar-refractivity contribution in [3.63, 3.8) is 0 Å². The summed E-state index contributed by atoms with van der Waals surface area (Å²) in [6.07, 6.45) is 0. The highest BCUT2D eigenvalue weighted by molar-refractivity contribution is 7.09. The molecule has 1 rings (SSSR count). The number of amides is 1. The van der Waals surface area contributed by atoms with E-state index >= 15 is 0 Å². The van der Waals surface area contributed by atoms with E-state index in [9.17, 15) is 4.79 Å². The van der Waals surface area contributed by atoms with Crippen LogP contribution in [0.4, 0.5) is 0 Å². The lowest BCUT2D eigenvalue weighted by molar-refractivity contribution is 0.0780. The van der Waals surface area contributed by atoms with Gasteiger partial charge in [-0.1, -0.05) is 0 Å². The van der Waals surface area contributed by atoms with Crippen LogP contribution in [0.25, 0.3) is 0 Å². The first-order chi connectivity index (χ1) is 7.58. The number of aromatic nitrogens is 1. The van der Waals surface area contributed by atoms with Gasteiger partial charge >= 0.3 is 0 Å². The van der Waals surface area contributed by atoms with E-state index in [1.54, 1.807) is 19.4 Å². The average molecular weight is 238 g/mol. The van der Waals surface area contributed by atoms with Gasteiger partial charge in [-0.25, -0.2) is 4.98 Å². The molecule has 1 unspecified atom stereocenters. The van der Waals surface area contributed by atoms with Gasteiger partial charge in [0, 0.05) is 25.5 Å². The summed E-state index contributed by atoms with van der Waals surface area (Å²) in [6, 6.07) is 2.09. The van der Waals surface area contributed by atoms with Crippen LogP contribution >= 0.6 is 11.3 Å². The number of hydrogen-bond donors (Lipinski definition) is 1. The second-order valence-corrected chi connectivity index (χ2v) is 4.49. The third-order valence-electron chi connectivity index (χ3n) is 2.06. The molecule has 0 bridgehead atoms. The fourth-order valence-corrected chi connectivity index (χ4v) is 1.88. The Morgan fingerprint density at radius 2 is 2.50 bits per heavy atom. The summed E-state index contributed by atoms with van der Waals surface area (Å²) in [6.45, 7) is 2.53. The maximum atomic E-state index is 11.8. The van der Waals surface area contributed by atoms with Gasteiger partial charge in [-0.3, -0.25) is 4.79 Å². The fourth-order valence-electron chi connectivity index (χ4n) is 1.23. The van der Waals surface area contributed by atoms with Gasteiger partial charge in [0.2, 0.25) is 0 Å². The lowest BCUT2D eigenvalue weighted by atomic mass is 10.2. The predicted molar refractivity (Wildman–Crippen MR) is 61.7 cm³/mol. The zero-order chi connectivity index (χ0) is 12.1. The summed E-state index contributed by atoms with van der Waals surface area (Å²) in [7, 11) is 1.66. The quantitative estimate of drug-likeness (QED) is 0.842. The van der Waals surface area contributed by atoms with E-state index in [1.165, 1.54) is 16.2 Å². The van der Waals surface area contributed by atoms with Crippen molar-refractivity contribution in [1.82, 2.24) is 9.88 Å². The Hall–Kier alpha value is -1.45. The molecule has 2 N–H and O–H groups in total. The van der Waals surface area contributed by atoms with Crippen LogP contribution in [0.1, 0.15) is 22.4 Å². The van der Waals surface area contributed by atoms with E-state index in [0.717, 1.165) is 5.01 Å². The standard InChI is InChI=1S/C10H14N4OS/c1-7(3-11)5-14(2)10(15)8-6-16-9(4-12)13-8/h6-7H,4-5,12H2,1-2H3. The SMILES string of the molecule is CC(C#N)CN(C)C(=O)c1csc(CN)n1. The molecule has 16 heavy (non-hydrogen) atoms. The molecular weight excluding hydrogens is 224 g/mol. The largest absolute Gasteiger partial charge is 0.339 e. The maximum absolute atomic E-state index is 11.8. The summed E-state index contributed by atoms with van der Waals surface area (Å²) >= 11 is 1.37. The van der Waals surface area contributed by atoms with Gasteiger partial charge in [-0.2, -0.15) is 5.26 Å². The van der Waals surface area contributed by atoms with E-state index in [0.29, 0.717) is 18.8 Å². The third kappa shape index (κ3) is 3.02. The highest BCUT2D eigenvalue weighted by Crippen LogP contribution is 2.11. The molecule has 0 spiro atoms. The van der Waals surface area contributed by atoms with Crippen LogP contribution in [-0.2, 0) is 6.54 Å². The van der Waals surface area contributed by atoms with Gasteiger partial charge in [-0.15, -0.1) is 11.3 Å². The van der Waals surface area contributed by atoms with Gasteiger partial charge in [0.25, 0.3) is 5.91 Å². The Bertz CT molecular complexity index is 409. The van der Waals surface area contributed by atoms with Gasteiger partial charge in [-0.05, 0) is 6.92 Å². The Labute approximate surface area is 98.5 Å². The van der Waals surface area contributed by atoms with E-state index in [1.807, 2.05) is 0 Å². The second-order valence-electron chi connectivity index (χ2n) is 3.55. The molecule has 0 saturated carbocycles. The lowest BCUT2D eigenvalue weighted by Gasteiger charge is -2.16. The van der Waals surface area contributed by atoms with Gasteiger partial charge in [0.15, 0.2) is 0 Å². The van der Waals surface area contributed by atoms with Crippen molar-refractivity contribution in [2.24, 2.45) is 11.7 Å². The normalized spacial score (nSPS) is 11.9. The number of nitrogens with zero attached hydrogens (tertiary/aromatic N) is 3. The highest BCUT2D eigenvalue weighted by Gasteiger charge is 2.16. The number of carbonyl (C=O) groups is 1. The maximum Gasteiger partial charge on any atom is 0.273 e. The third-order valence-corrected chi connectivity index (χ3v) is 2.93. The van der Waals surface area contributed by atoms with Crippen LogP contribution in [-0.4, -0.2) is 29.4 Å². The van der Waals surface area contributed by atoms with Crippen molar-refractivity contribution in [1.29, 1.82) is 5.26 Å².